The summed E-state index contributed by atoms with van der Waals surface area (Å²) >= 11 is 0. The molecule has 1 heterocycles. The van der Waals surface area contributed by atoms with Crippen LogP contribution in [0.3, 0.4) is 0 Å². The van der Waals surface area contributed by atoms with E-state index in [1.165, 1.54) is 0 Å². The number of methoxy groups -OCH3 is 1. The molecular weight excluding hydrogens is 194 g/mol. The van der Waals surface area contributed by atoms with E-state index in [0.717, 1.165) is 0 Å². The van der Waals surface area contributed by atoms with Crippen molar-refractivity contribution in [2.75, 3.05) is 12.4 Å². The maximum atomic E-state index is 11.6. The zero-order valence-corrected chi connectivity index (χ0v) is 8.96. The van der Waals surface area contributed by atoms with Gasteiger partial charge in [0.15, 0.2) is 5.60 Å². The van der Waals surface area contributed by atoms with Crippen LogP contribution in [0.1, 0.15) is 13.8 Å². The molecule has 1 amide bonds. The molecule has 1 aromatic carbocycles. The number of carbonyl (C=O) groups excluding carboxylic acids is 1. The van der Waals surface area contributed by atoms with Crippen molar-refractivity contribution in [1.82, 2.24) is 0 Å². The molecule has 0 saturated carbocycles. The molecule has 0 spiro atoms. The molecule has 0 atom stereocenters. The standard InChI is InChI=1S/C11H13NO3/c1-11(2)10(13)12-8-5-4-7(14-3)6-9(8)15-11/h4-6H,1-3H3,(H,12,13). The fourth-order valence-electron chi connectivity index (χ4n) is 1.41. The van der Waals surface area contributed by atoms with Crippen LogP contribution in [0.15, 0.2) is 18.2 Å². The second kappa shape index (κ2) is 3.15. The second-order valence-corrected chi connectivity index (χ2v) is 3.93. The molecule has 0 saturated heterocycles. The van der Waals surface area contributed by atoms with Crippen molar-refractivity contribution in [2.45, 2.75) is 19.4 Å². The molecule has 4 nitrogen and oxygen atoms in total. The predicted molar refractivity (Wildman–Crippen MR) is 56.3 cm³/mol. The Hall–Kier alpha value is -1.71. The molecule has 0 aromatic heterocycles. The summed E-state index contributed by atoms with van der Waals surface area (Å²) in [5.41, 5.74) is -0.153. The van der Waals surface area contributed by atoms with Gasteiger partial charge in [0.2, 0.25) is 0 Å². The smallest absolute Gasteiger partial charge is 0.268 e. The Morgan fingerprint density at radius 1 is 1.40 bits per heavy atom. The lowest BCUT2D eigenvalue weighted by Crippen LogP contribution is -2.45. The summed E-state index contributed by atoms with van der Waals surface area (Å²) in [5, 5.41) is 2.78. The molecule has 15 heavy (non-hydrogen) atoms. The lowest BCUT2D eigenvalue weighted by atomic mass is 10.1. The molecule has 1 N–H and O–H groups in total. The van der Waals surface area contributed by atoms with Crippen molar-refractivity contribution in [3.05, 3.63) is 18.2 Å². The fourth-order valence-corrected chi connectivity index (χ4v) is 1.41. The summed E-state index contributed by atoms with van der Waals surface area (Å²) in [6, 6.07) is 5.30. The summed E-state index contributed by atoms with van der Waals surface area (Å²) < 4.78 is 10.7. The first-order chi connectivity index (χ1) is 7.03. The number of anilines is 1. The third-order valence-corrected chi connectivity index (χ3v) is 2.35. The third kappa shape index (κ3) is 1.63. The normalized spacial score (nSPS) is 17.4. The average molecular weight is 207 g/mol. The van der Waals surface area contributed by atoms with Gasteiger partial charge in [-0.15, -0.1) is 0 Å². The van der Waals surface area contributed by atoms with E-state index in [1.54, 1.807) is 39.2 Å². The van der Waals surface area contributed by atoms with Gasteiger partial charge in [0.25, 0.3) is 5.91 Å². The monoisotopic (exact) mass is 207 g/mol. The predicted octanol–water partition coefficient (Wildman–Crippen LogP) is 1.80. The number of ether oxygens (including phenoxy) is 2. The third-order valence-electron chi connectivity index (χ3n) is 2.35. The van der Waals surface area contributed by atoms with Gasteiger partial charge in [0.1, 0.15) is 11.5 Å². The van der Waals surface area contributed by atoms with E-state index < -0.39 is 5.60 Å². The van der Waals surface area contributed by atoms with Crippen molar-refractivity contribution in [1.29, 1.82) is 0 Å². The Kier molecular flexibility index (Phi) is 2.07. The minimum atomic E-state index is -0.834. The van der Waals surface area contributed by atoms with E-state index in [4.69, 9.17) is 9.47 Å². The highest BCUT2D eigenvalue weighted by atomic mass is 16.5. The van der Waals surface area contributed by atoms with Crippen LogP contribution in [0.4, 0.5) is 5.69 Å². The Bertz CT molecular complexity index is 412. The van der Waals surface area contributed by atoms with Crippen molar-refractivity contribution in [2.24, 2.45) is 0 Å². The summed E-state index contributed by atoms with van der Waals surface area (Å²) in [6.07, 6.45) is 0. The van der Waals surface area contributed by atoms with Gasteiger partial charge in [-0.1, -0.05) is 0 Å². The first-order valence-corrected chi connectivity index (χ1v) is 4.71. The summed E-state index contributed by atoms with van der Waals surface area (Å²) in [4.78, 5) is 11.6. The quantitative estimate of drug-likeness (QED) is 0.763. The molecule has 80 valence electrons. The van der Waals surface area contributed by atoms with E-state index in [1.807, 2.05) is 0 Å². The zero-order valence-electron chi connectivity index (χ0n) is 8.96. The first kappa shape index (κ1) is 9.83. The number of hydrogen-bond acceptors (Lipinski definition) is 3. The molecule has 2 rings (SSSR count). The highest BCUT2D eigenvalue weighted by molar-refractivity contribution is 6.00. The van der Waals surface area contributed by atoms with Gasteiger partial charge >= 0.3 is 0 Å². The minimum Gasteiger partial charge on any atom is -0.497 e. The molecular formula is C11H13NO3. The molecule has 0 bridgehead atoms. The van der Waals surface area contributed by atoms with Crippen molar-refractivity contribution in [3.8, 4) is 11.5 Å². The zero-order chi connectivity index (χ0) is 11.1. The lowest BCUT2D eigenvalue weighted by Gasteiger charge is -2.31. The van der Waals surface area contributed by atoms with Gasteiger partial charge in [0, 0.05) is 6.07 Å². The van der Waals surface area contributed by atoms with E-state index in [-0.39, 0.29) is 5.91 Å². The van der Waals surface area contributed by atoms with E-state index in [9.17, 15) is 4.79 Å². The van der Waals surface area contributed by atoms with Crippen LogP contribution in [0.25, 0.3) is 0 Å². The van der Waals surface area contributed by atoms with Crippen LogP contribution in [0.5, 0.6) is 11.5 Å². The van der Waals surface area contributed by atoms with Gasteiger partial charge in [0.05, 0.1) is 12.8 Å². The van der Waals surface area contributed by atoms with Crippen LogP contribution in [-0.2, 0) is 4.79 Å². The molecule has 0 aliphatic carbocycles. The Labute approximate surface area is 88.2 Å². The van der Waals surface area contributed by atoms with Crippen LogP contribution >= 0.6 is 0 Å². The minimum absolute atomic E-state index is 0.139. The maximum Gasteiger partial charge on any atom is 0.268 e. The van der Waals surface area contributed by atoms with Crippen LogP contribution < -0.4 is 14.8 Å². The van der Waals surface area contributed by atoms with Crippen molar-refractivity contribution in [3.63, 3.8) is 0 Å². The molecule has 0 fully saturated rings. The average Bonchev–Trinajstić information content (AvgIpc) is 2.18. The SMILES string of the molecule is COc1ccc2c(c1)OC(C)(C)C(=O)N2. The summed E-state index contributed by atoms with van der Waals surface area (Å²) in [5.74, 6) is 1.21. The first-order valence-electron chi connectivity index (χ1n) is 4.71. The fraction of sp³-hybridized carbons (Fsp3) is 0.364. The number of amides is 1. The largest absolute Gasteiger partial charge is 0.497 e. The molecule has 1 aliphatic rings. The molecule has 1 aliphatic heterocycles. The Balaban J connectivity index is 2.42. The van der Waals surface area contributed by atoms with Crippen LogP contribution in [0, 0.1) is 0 Å². The van der Waals surface area contributed by atoms with Crippen LogP contribution in [-0.4, -0.2) is 18.6 Å². The van der Waals surface area contributed by atoms with Gasteiger partial charge in [-0.3, -0.25) is 4.79 Å². The highest BCUT2D eigenvalue weighted by Gasteiger charge is 2.35. The molecule has 4 heteroatoms. The van der Waals surface area contributed by atoms with E-state index >= 15 is 0 Å². The van der Waals surface area contributed by atoms with Crippen molar-refractivity contribution < 1.29 is 14.3 Å². The highest BCUT2D eigenvalue weighted by Crippen LogP contribution is 2.36. The van der Waals surface area contributed by atoms with E-state index in [2.05, 4.69) is 5.32 Å². The Morgan fingerprint density at radius 2 is 2.13 bits per heavy atom. The number of nitrogens with one attached hydrogen (secondary N) is 1. The van der Waals surface area contributed by atoms with Gasteiger partial charge in [-0.25, -0.2) is 0 Å². The van der Waals surface area contributed by atoms with E-state index in [0.29, 0.717) is 17.2 Å². The number of hydrogen-bond donors (Lipinski definition) is 1. The molecule has 0 radical (unpaired) electrons. The van der Waals surface area contributed by atoms with Crippen LogP contribution in [0.2, 0.25) is 0 Å². The molecule has 0 unspecified atom stereocenters. The van der Waals surface area contributed by atoms with Crippen molar-refractivity contribution >= 4 is 11.6 Å². The van der Waals surface area contributed by atoms with Gasteiger partial charge in [-0.05, 0) is 26.0 Å². The van der Waals surface area contributed by atoms with Gasteiger partial charge < -0.3 is 14.8 Å². The number of benzene rings is 1. The second-order valence-electron chi connectivity index (χ2n) is 3.93. The maximum absolute atomic E-state index is 11.6. The number of fused-ring (bicyclic) bond motifs is 1. The summed E-state index contributed by atoms with van der Waals surface area (Å²) in [6.45, 7) is 3.45. The molecule has 1 aromatic rings. The topological polar surface area (TPSA) is 47.6 Å². The number of carbonyl (C=O) groups is 1. The lowest BCUT2D eigenvalue weighted by molar-refractivity contribution is -0.129. The number of rotatable bonds is 1. The summed E-state index contributed by atoms with van der Waals surface area (Å²) in [7, 11) is 1.59. The Morgan fingerprint density at radius 3 is 2.80 bits per heavy atom. The van der Waals surface area contributed by atoms with Gasteiger partial charge in [-0.2, -0.15) is 0 Å².